The summed E-state index contributed by atoms with van der Waals surface area (Å²) >= 11 is 5.90. The van der Waals surface area contributed by atoms with Gasteiger partial charge in [0.1, 0.15) is 12.4 Å². The van der Waals surface area contributed by atoms with Crippen molar-refractivity contribution in [2.24, 2.45) is 5.10 Å². The molecule has 0 atom stereocenters. The number of ether oxygens (including phenoxy) is 3. The first-order valence-electron chi connectivity index (χ1n) is 9.70. The molecule has 3 aromatic carbocycles. The minimum atomic E-state index is -0.311. The molecular weight excluding hydrogens is 416 g/mol. The largest absolute Gasteiger partial charge is 0.494 e. The molecule has 0 spiro atoms. The Morgan fingerprint density at radius 1 is 1.00 bits per heavy atom. The van der Waals surface area contributed by atoms with Crippen LogP contribution >= 0.6 is 11.6 Å². The van der Waals surface area contributed by atoms with E-state index in [0.717, 1.165) is 11.1 Å². The van der Waals surface area contributed by atoms with Gasteiger partial charge in [-0.1, -0.05) is 23.7 Å². The average molecular weight is 439 g/mol. The van der Waals surface area contributed by atoms with E-state index in [0.29, 0.717) is 41.0 Å². The third-order valence-corrected chi connectivity index (χ3v) is 4.55. The molecule has 0 heterocycles. The summed E-state index contributed by atoms with van der Waals surface area (Å²) in [6.45, 7) is 2.87. The zero-order chi connectivity index (χ0) is 22.1. The van der Waals surface area contributed by atoms with Gasteiger partial charge in [-0.25, -0.2) is 5.43 Å². The summed E-state index contributed by atoms with van der Waals surface area (Å²) in [5.74, 6) is 1.57. The van der Waals surface area contributed by atoms with Crippen LogP contribution in [0, 0.1) is 0 Å². The number of halogens is 1. The van der Waals surface area contributed by atoms with E-state index in [-0.39, 0.29) is 5.91 Å². The molecule has 1 amide bonds. The Hall–Kier alpha value is -3.51. The lowest BCUT2D eigenvalue weighted by molar-refractivity contribution is 0.0955. The van der Waals surface area contributed by atoms with Gasteiger partial charge in [-0.15, -0.1) is 0 Å². The van der Waals surface area contributed by atoms with Gasteiger partial charge >= 0.3 is 0 Å². The average Bonchev–Trinajstić information content (AvgIpc) is 2.79. The minimum Gasteiger partial charge on any atom is -0.494 e. The van der Waals surface area contributed by atoms with E-state index in [1.165, 1.54) is 6.21 Å². The molecule has 160 valence electrons. The summed E-state index contributed by atoms with van der Waals surface area (Å²) in [6.07, 6.45) is 1.54. The van der Waals surface area contributed by atoms with Gasteiger partial charge < -0.3 is 14.2 Å². The highest BCUT2D eigenvalue weighted by atomic mass is 35.5. The Labute approximate surface area is 186 Å². The summed E-state index contributed by atoms with van der Waals surface area (Å²) < 4.78 is 16.6. The van der Waals surface area contributed by atoms with Crippen LogP contribution in [0.25, 0.3) is 0 Å². The summed E-state index contributed by atoms with van der Waals surface area (Å²) in [7, 11) is 1.57. The van der Waals surface area contributed by atoms with Gasteiger partial charge in [-0.2, -0.15) is 5.10 Å². The third-order valence-electron chi connectivity index (χ3n) is 4.30. The van der Waals surface area contributed by atoms with Crippen LogP contribution in [0.1, 0.15) is 28.4 Å². The molecule has 0 aromatic heterocycles. The van der Waals surface area contributed by atoms with Crippen molar-refractivity contribution in [3.63, 3.8) is 0 Å². The highest BCUT2D eigenvalue weighted by molar-refractivity contribution is 6.30. The molecule has 6 nitrogen and oxygen atoms in total. The lowest BCUT2D eigenvalue weighted by atomic mass is 10.2. The normalized spacial score (nSPS) is 10.7. The molecule has 31 heavy (non-hydrogen) atoms. The van der Waals surface area contributed by atoms with Crippen LogP contribution in [0.3, 0.4) is 0 Å². The number of nitrogens with one attached hydrogen (secondary N) is 1. The van der Waals surface area contributed by atoms with Crippen LogP contribution in [0.2, 0.25) is 5.02 Å². The quantitative estimate of drug-likeness (QED) is 0.373. The molecule has 0 aliphatic carbocycles. The van der Waals surface area contributed by atoms with Gasteiger partial charge in [-0.05, 0) is 72.6 Å². The molecule has 0 bridgehead atoms. The summed E-state index contributed by atoms with van der Waals surface area (Å²) in [6, 6.07) is 19.7. The number of benzene rings is 3. The fourth-order valence-electron chi connectivity index (χ4n) is 2.72. The van der Waals surface area contributed by atoms with Crippen LogP contribution < -0.4 is 19.6 Å². The van der Waals surface area contributed by atoms with Crippen molar-refractivity contribution in [1.29, 1.82) is 0 Å². The number of hydrogen-bond donors (Lipinski definition) is 1. The fraction of sp³-hybridized carbons (Fsp3) is 0.167. The number of carbonyl (C=O) groups excluding carboxylic acids is 1. The van der Waals surface area contributed by atoms with Crippen LogP contribution in [-0.2, 0) is 6.61 Å². The molecule has 0 radical (unpaired) electrons. The minimum absolute atomic E-state index is 0.311. The lowest BCUT2D eigenvalue weighted by Gasteiger charge is -2.11. The van der Waals surface area contributed by atoms with Crippen LogP contribution in [0.5, 0.6) is 17.2 Å². The molecule has 0 unspecified atom stereocenters. The molecule has 0 aliphatic rings. The monoisotopic (exact) mass is 438 g/mol. The number of hydrazone groups is 1. The summed E-state index contributed by atoms with van der Waals surface area (Å²) in [5, 5.41) is 4.70. The Bertz CT molecular complexity index is 1030. The van der Waals surface area contributed by atoms with E-state index in [2.05, 4.69) is 10.5 Å². The molecular formula is C24H23ClN2O4. The molecule has 3 aromatic rings. The number of methoxy groups -OCH3 is 1. The first-order valence-corrected chi connectivity index (χ1v) is 10.1. The Balaban J connectivity index is 1.58. The van der Waals surface area contributed by atoms with Crippen molar-refractivity contribution in [3.05, 3.63) is 88.4 Å². The number of hydrogen-bond acceptors (Lipinski definition) is 5. The van der Waals surface area contributed by atoms with Crippen molar-refractivity contribution < 1.29 is 19.0 Å². The molecule has 1 N–H and O–H groups in total. The molecule has 0 aliphatic heterocycles. The van der Waals surface area contributed by atoms with Gasteiger partial charge in [0.2, 0.25) is 0 Å². The molecule has 7 heteroatoms. The van der Waals surface area contributed by atoms with Crippen molar-refractivity contribution in [2.45, 2.75) is 13.5 Å². The van der Waals surface area contributed by atoms with E-state index in [4.69, 9.17) is 25.8 Å². The zero-order valence-electron chi connectivity index (χ0n) is 17.3. The number of amides is 1. The molecule has 0 saturated heterocycles. The van der Waals surface area contributed by atoms with Gasteiger partial charge in [0.15, 0.2) is 11.5 Å². The second kappa shape index (κ2) is 11.0. The second-order valence-corrected chi connectivity index (χ2v) is 6.92. The van der Waals surface area contributed by atoms with E-state index < -0.39 is 0 Å². The van der Waals surface area contributed by atoms with Crippen LogP contribution in [0.4, 0.5) is 0 Å². The Morgan fingerprint density at radius 2 is 1.74 bits per heavy atom. The molecule has 0 fully saturated rings. The Morgan fingerprint density at radius 3 is 2.42 bits per heavy atom. The smallest absolute Gasteiger partial charge is 0.271 e. The predicted octanol–water partition coefficient (Wildman–Crippen LogP) is 5.09. The second-order valence-electron chi connectivity index (χ2n) is 6.48. The highest BCUT2D eigenvalue weighted by Crippen LogP contribution is 2.28. The van der Waals surface area contributed by atoms with Crippen molar-refractivity contribution >= 4 is 23.7 Å². The maximum absolute atomic E-state index is 12.2. The van der Waals surface area contributed by atoms with E-state index in [1.807, 2.05) is 37.3 Å². The van der Waals surface area contributed by atoms with Crippen molar-refractivity contribution in [1.82, 2.24) is 5.43 Å². The SMILES string of the molecule is CCOc1ccc(C(=O)N/N=C\c2ccc(OCc3ccc(Cl)cc3)c(OC)c2)cc1. The van der Waals surface area contributed by atoms with E-state index in [9.17, 15) is 4.79 Å². The summed E-state index contributed by atoms with van der Waals surface area (Å²) in [5.41, 5.74) is 4.75. The predicted molar refractivity (Wildman–Crippen MR) is 121 cm³/mol. The van der Waals surface area contributed by atoms with Crippen molar-refractivity contribution in [2.75, 3.05) is 13.7 Å². The van der Waals surface area contributed by atoms with Gasteiger partial charge in [0, 0.05) is 10.6 Å². The van der Waals surface area contributed by atoms with E-state index >= 15 is 0 Å². The number of rotatable bonds is 9. The maximum Gasteiger partial charge on any atom is 0.271 e. The van der Waals surface area contributed by atoms with E-state index in [1.54, 1.807) is 43.5 Å². The van der Waals surface area contributed by atoms with Gasteiger partial charge in [-0.3, -0.25) is 4.79 Å². The van der Waals surface area contributed by atoms with Crippen LogP contribution in [0.15, 0.2) is 71.8 Å². The topological polar surface area (TPSA) is 69.2 Å². The summed E-state index contributed by atoms with van der Waals surface area (Å²) in [4.78, 5) is 12.2. The standard InChI is InChI=1S/C24H23ClN2O4/c1-3-30-21-11-7-19(8-12-21)24(28)27-26-15-18-6-13-22(23(14-18)29-2)31-16-17-4-9-20(25)10-5-17/h4-15H,3,16H2,1-2H3,(H,27,28)/b26-15-. The number of carbonyl (C=O) groups is 1. The fourth-order valence-corrected chi connectivity index (χ4v) is 2.85. The van der Waals surface area contributed by atoms with Gasteiger partial charge in [0.05, 0.1) is 19.9 Å². The van der Waals surface area contributed by atoms with Crippen molar-refractivity contribution in [3.8, 4) is 17.2 Å². The number of nitrogens with zero attached hydrogens (tertiary/aromatic N) is 1. The first-order chi connectivity index (χ1) is 15.1. The third kappa shape index (κ3) is 6.49. The zero-order valence-corrected chi connectivity index (χ0v) is 18.1. The van der Waals surface area contributed by atoms with Crippen LogP contribution in [-0.4, -0.2) is 25.8 Å². The first kappa shape index (κ1) is 22.2. The maximum atomic E-state index is 12.2. The molecule has 3 rings (SSSR count). The highest BCUT2D eigenvalue weighted by Gasteiger charge is 2.07. The Kier molecular flexibility index (Phi) is 7.90. The lowest BCUT2D eigenvalue weighted by Crippen LogP contribution is -2.17. The molecule has 0 saturated carbocycles. The van der Waals surface area contributed by atoms with Gasteiger partial charge in [0.25, 0.3) is 5.91 Å².